The Bertz CT molecular complexity index is 311. The molecule has 0 aliphatic carbocycles. The standard InChI is InChI=1S/C10H8ClF3/c11-9-5-3-8(4-6-9)2-1-7-10(12,13)14/h1-6H,7H2/b2-1+. The van der Waals surface area contributed by atoms with Gasteiger partial charge in [0.05, 0.1) is 6.42 Å². The normalized spacial score (nSPS) is 12.3. The molecule has 0 spiro atoms. The first kappa shape index (κ1) is 11.1. The van der Waals surface area contributed by atoms with Gasteiger partial charge in [0.1, 0.15) is 0 Å². The van der Waals surface area contributed by atoms with Crippen molar-refractivity contribution in [2.45, 2.75) is 12.6 Å². The minimum absolute atomic E-state index is 0.568. The van der Waals surface area contributed by atoms with Crippen LogP contribution >= 0.6 is 11.6 Å². The Hall–Kier alpha value is -0.960. The van der Waals surface area contributed by atoms with Crippen molar-refractivity contribution in [2.75, 3.05) is 0 Å². The number of hydrogen-bond acceptors (Lipinski definition) is 0. The molecular formula is C10H8ClF3. The molecule has 0 saturated heterocycles. The Balaban J connectivity index is 2.57. The van der Waals surface area contributed by atoms with Crippen LogP contribution in [0.3, 0.4) is 0 Å². The Morgan fingerprint density at radius 2 is 1.71 bits per heavy atom. The average Bonchev–Trinajstić information content (AvgIpc) is 2.06. The third kappa shape index (κ3) is 4.33. The molecule has 0 fully saturated rings. The Labute approximate surface area is 85.0 Å². The molecular weight excluding hydrogens is 213 g/mol. The van der Waals surface area contributed by atoms with E-state index < -0.39 is 12.6 Å². The van der Waals surface area contributed by atoms with E-state index in [1.54, 1.807) is 24.3 Å². The molecule has 0 aliphatic heterocycles. The maximum Gasteiger partial charge on any atom is 0.392 e. The second-order valence-corrected chi connectivity index (χ2v) is 3.21. The van der Waals surface area contributed by atoms with Crippen molar-refractivity contribution in [3.8, 4) is 0 Å². The zero-order valence-corrected chi connectivity index (χ0v) is 7.94. The molecule has 0 aliphatic rings. The first-order valence-corrected chi connectivity index (χ1v) is 4.34. The molecule has 0 unspecified atom stereocenters. The summed E-state index contributed by atoms with van der Waals surface area (Å²) < 4.78 is 35.3. The highest BCUT2D eigenvalue weighted by Gasteiger charge is 2.24. The lowest BCUT2D eigenvalue weighted by molar-refractivity contribution is -0.124. The van der Waals surface area contributed by atoms with Crippen LogP contribution in [-0.2, 0) is 0 Å². The summed E-state index contributed by atoms with van der Waals surface area (Å²) in [6, 6.07) is 6.59. The van der Waals surface area contributed by atoms with Crippen LogP contribution in [0.4, 0.5) is 13.2 Å². The third-order valence-corrected chi connectivity index (χ3v) is 1.78. The predicted molar refractivity (Wildman–Crippen MR) is 51.2 cm³/mol. The lowest BCUT2D eigenvalue weighted by atomic mass is 10.2. The van der Waals surface area contributed by atoms with Crippen molar-refractivity contribution in [2.24, 2.45) is 0 Å². The molecule has 0 amide bonds. The minimum Gasteiger partial charge on any atom is -0.171 e. The molecule has 0 nitrogen and oxygen atoms in total. The van der Waals surface area contributed by atoms with Gasteiger partial charge in [0.15, 0.2) is 0 Å². The molecule has 1 aromatic carbocycles. The van der Waals surface area contributed by atoms with Gasteiger partial charge in [-0.15, -0.1) is 0 Å². The topological polar surface area (TPSA) is 0 Å². The maximum absolute atomic E-state index is 11.8. The SMILES string of the molecule is FC(F)(F)C/C=C/c1ccc(Cl)cc1. The van der Waals surface area contributed by atoms with Crippen molar-refractivity contribution in [1.29, 1.82) is 0 Å². The summed E-state index contributed by atoms with van der Waals surface area (Å²) in [5.74, 6) is 0. The van der Waals surface area contributed by atoms with E-state index in [0.717, 1.165) is 6.08 Å². The number of alkyl halides is 3. The van der Waals surface area contributed by atoms with Gasteiger partial charge in [-0.3, -0.25) is 0 Å². The summed E-state index contributed by atoms with van der Waals surface area (Å²) in [6.07, 6.45) is -2.54. The summed E-state index contributed by atoms with van der Waals surface area (Å²) in [7, 11) is 0. The number of hydrogen-bond donors (Lipinski definition) is 0. The number of benzene rings is 1. The maximum atomic E-state index is 11.8. The first-order chi connectivity index (χ1) is 6.47. The van der Waals surface area contributed by atoms with Crippen molar-refractivity contribution in [3.05, 3.63) is 40.9 Å². The molecule has 0 bridgehead atoms. The van der Waals surface area contributed by atoms with E-state index in [1.807, 2.05) is 0 Å². The molecule has 4 heteroatoms. The van der Waals surface area contributed by atoms with Crippen LogP contribution in [0.2, 0.25) is 5.02 Å². The lowest BCUT2D eigenvalue weighted by Crippen LogP contribution is -2.03. The largest absolute Gasteiger partial charge is 0.392 e. The van der Waals surface area contributed by atoms with Gasteiger partial charge in [-0.25, -0.2) is 0 Å². The zero-order chi connectivity index (χ0) is 10.6. The minimum atomic E-state index is -4.14. The average molecular weight is 221 g/mol. The summed E-state index contributed by atoms with van der Waals surface area (Å²) in [6.45, 7) is 0. The lowest BCUT2D eigenvalue weighted by Gasteiger charge is -2.00. The molecule has 0 atom stereocenters. The van der Waals surface area contributed by atoms with Crippen molar-refractivity contribution >= 4 is 17.7 Å². The monoisotopic (exact) mass is 220 g/mol. The molecule has 76 valence electrons. The van der Waals surface area contributed by atoms with Gasteiger partial charge in [-0.2, -0.15) is 13.2 Å². The van der Waals surface area contributed by atoms with E-state index in [2.05, 4.69) is 0 Å². The quantitative estimate of drug-likeness (QED) is 0.697. The van der Waals surface area contributed by atoms with Crippen molar-refractivity contribution in [3.63, 3.8) is 0 Å². The van der Waals surface area contributed by atoms with Gasteiger partial charge in [0.25, 0.3) is 0 Å². The van der Waals surface area contributed by atoms with E-state index in [4.69, 9.17) is 11.6 Å². The van der Waals surface area contributed by atoms with Gasteiger partial charge in [-0.1, -0.05) is 35.9 Å². The second kappa shape index (κ2) is 4.51. The first-order valence-electron chi connectivity index (χ1n) is 3.96. The highest BCUT2D eigenvalue weighted by atomic mass is 35.5. The number of halogens is 4. The van der Waals surface area contributed by atoms with Crippen LogP contribution in [0.15, 0.2) is 30.3 Å². The summed E-state index contributed by atoms with van der Waals surface area (Å²) in [4.78, 5) is 0. The van der Waals surface area contributed by atoms with Crippen LogP contribution < -0.4 is 0 Å². The fraction of sp³-hybridized carbons (Fsp3) is 0.200. The van der Waals surface area contributed by atoms with Gasteiger partial charge in [0, 0.05) is 5.02 Å². The summed E-state index contributed by atoms with van der Waals surface area (Å²) in [5, 5.41) is 0.568. The predicted octanol–water partition coefficient (Wildman–Crippen LogP) is 4.31. The molecule has 0 radical (unpaired) electrons. The third-order valence-electron chi connectivity index (χ3n) is 1.53. The van der Waals surface area contributed by atoms with Crippen LogP contribution in [0.1, 0.15) is 12.0 Å². The molecule has 1 rings (SSSR count). The van der Waals surface area contributed by atoms with Gasteiger partial charge in [-0.05, 0) is 17.7 Å². The van der Waals surface area contributed by atoms with Crippen LogP contribution in [0.25, 0.3) is 6.08 Å². The fourth-order valence-electron chi connectivity index (χ4n) is 0.903. The summed E-state index contributed by atoms with van der Waals surface area (Å²) >= 11 is 5.61. The zero-order valence-electron chi connectivity index (χ0n) is 7.18. The Kier molecular flexibility index (Phi) is 3.58. The molecule has 0 N–H and O–H groups in total. The van der Waals surface area contributed by atoms with Crippen molar-refractivity contribution in [1.82, 2.24) is 0 Å². The van der Waals surface area contributed by atoms with E-state index in [-0.39, 0.29) is 0 Å². The van der Waals surface area contributed by atoms with Gasteiger partial charge in [0.2, 0.25) is 0 Å². The smallest absolute Gasteiger partial charge is 0.171 e. The molecule has 14 heavy (non-hydrogen) atoms. The van der Waals surface area contributed by atoms with Crippen LogP contribution in [0.5, 0.6) is 0 Å². The van der Waals surface area contributed by atoms with Crippen LogP contribution in [-0.4, -0.2) is 6.18 Å². The second-order valence-electron chi connectivity index (χ2n) is 2.77. The molecule has 0 saturated carbocycles. The molecule has 1 aromatic rings. The van der Waals surface area contributed by atoms with E-state index in [1.165, 1.54) is 6.08 Å². The number of rotatable bonds is 2. The van der Waals surface area contributed by atoms with E-state index in [9.17, 15) is 13.2 Å². The van der Waals surface area contributed by atoms with Crippen LogP contribution in [0, 0.1) is 0 Å². The highest BCUT2D eigenvalue weighted by molar-refractivity contribution is 6.30. The molecule has 0 aromatic heterocycles. The fourth-order valence-corrected chi connectivity index (χ4v) is 1.03. The van der Waals surface area contributed by atoms with Gasteiger partial charge < -0.3 is 0 Å². The summed E-state index contributed by atoms with van der Waals surface area (Å²) in [5.41, 5.74) is 0.707. The van der Waals surface area contributed by atoms with Gasteiger partial charge >= 0.3 is 6.18 Å². The molecule has 0 heterocycles. The Morgan fingerprint density at radius 3 is 2.21 bits per heavy atom. The highest BCUT2D eigenvalue weighted by Crippen LogP contribution is 2.20. The van der Waals surface area contributed by atoms with E-state index in [0.29, 0.717) is 10.6 Å². The Morgan fingerprint density at radius 1 is 1.14 bits per heavy atom. The van der Waals surface area contributed by atoms with E-state index >= 15 is 0 Å². The number of allylic oxidation sites excluding steroid dienone is 1. The van der Waals surface area contributed by atoms with Crippen molar-refractivity contribution < 1.29 is 13.2 Å².